The molecule has 0 aliphatic rings. The Hall–Kier alpha value is -1.59. The summed E-state index contributed by atoms with van der Waals surface area (Å²) in [6.07, 6.45) is 0.585. The van der Waals surface area contributed by atoms with Crippen molar-refractivity contribution in [1.29, 1.82) is 0 Å². The molecule has 0 amide bonds. The molecule has 3 N–H and O–H groups in total. The maximum absolute atomic E-state index is 12.0. The smallest absolute Gasteiger partial charge is 0.328 e. The number of nitrogens with zero attached hydrogens (tertiary/aromatic N) is 1. The molecule has 17 heavy (non-hydrogen) atoms. The molecule has 0 bridgehead atoms. The number of nitrogens with one attached hydrogen (secondary N) is 1. The number of aromatic nitrogens is 2. The molecule has 0 aliphatic carbocycles. The first-order valence-corrected chi connectivity index (χ1v) is 5.63. The average Bonchev–Trinajstić information content (AvgIpc) is 2.28. The zero-order valence-electron chi connectivity index (χ0n) is 9.07. The molecule has 0 unspecified atom stereocenters. The lowest BCUT2D eigenvalue weighted by Gasteiger charge is -2.05. The van der Waals surface area contributed by atoms with Crippen molar-refractivity contribution >= 4 is 22.5 Å². The van der Waals surface area contributed by atoms with Gasteiger partial charge in [0.15, 0.2) is 0 Å². The van der Waals surface area contributed by atoms with Crippen LogP contribution in [0.2, 0.25) is 5.02 Å². The van der Waals surface area contributed by atoms with Gasteiger partial charge in [0.2, 0.25) is 0 Å². The van der Waals surface area contributed by atoms with Crippen molar-refractivity contribution in [2.75, 3.05) is 6.54 Å². The highest BCUT2D eigenvalue weighted by Crippen LogP contribution is 2.13. The topological polar surface area (TPSA) is 80.9 Å². The summed E-state index contributed by atoms with van der Waals surface area (Å²) >= 11 is 5.80. The molecular formula is C11H12ClN3O2. The van der Waals surface area contributed by atoms with E-state index in [-0.39, 0.29) is 5.56 Å². The SMILES string of the molecule is NCCCn1c(=O)[nH]c2cc(Cl)ccc2c1=O. The van der Waals surface area contributed by atoms with E-state index in [1.165, 1.54) is 0 Å². The summed E-state index contributed by atoms with van der Waals surface area (Å²) < 4.78 is 1.16. The van der Waals surface area contributed by atoms with Crippen molar-refractivity contribution in [3.05, 3.63) is 44.1 Å². The van der Waals surface area contributed by atoms with Gasteiger partial charge in [-0.05, 0) is 31.2 Å². The summed E-state index contributed by atoms with van der Waals surface area (Å²) in [7, 11) is 0. The van der Waals surface area contributed by atoms with Gasteiger partial charge in [0.1, 0.15) is 0 Å². The minimum atomic E-state index is -0.432. The van der Waals surface area contributed by atoms with Crippen LogP contribution in [0.3, 0.4) is 0 Å². The molecule has 1 aromatic heterocycles. The Labute approximate surface area is 102 Å². The molecule has 0 fully saturated rings. The molecular weight excluding hydrogens is 242 g/mol. The summed E-state index contributed by atoms with van der Waals surface area (Å²) in [5, 5.41) is 0.929. The third kappa shape index (κ3) is 2.25. The van der Waals surface area contributed by atoms with Crippen LogP contribution in [0, 0.1) is 0 Å². The summed E-state index contributed by atoms with van der Waals surface area (Å²) in [6, 6.07) is 4.79. The van der Waals surface area contributed by atoms with E-state index in [1.807, 2.05) is 0 Å². The van der Waals surface area contributed by atoms with Crippen LogP contribution in [0.1, 0.15) is 6.42 Å². The number of aromatic amines is 1. The fraction of sp³-hybridized carbons (Fsp3) is 0.273. The van der Waals surface area contributed by atoms with Crippen molar-refractivity contribution in [1.82, 2.24) is 9.55 Å². The number of rotatable bonds is 3. The van der Waals surface area contributed by atoms with E-state index in [4.69, 9.17) is 17.3 Å². The first kappa shape index (κ1) is 11.9. The zero-order chi connectivity index (χ0) is 12.4. The maximum Gasteiger partial charge on any atom is 0.328 e. The van der Waals surface area contributed by atoms with Gasteiger partial charge >= 0.3 is 5.69 Å². The highest BCUT2D eigenvalue weighted by atomic mass is 35.5. The molecule has 0 aliphatic heterocycles. The van der Waals surface area contributed by atoms with E-state index in [9.17, 15) is 9.59 Å². The molecule has 90 valence electrons. The first-order valence-electron chi connectivity index (χ1n) is 5.26. The fourth-order valence-electron chi connectivity index (χ4n) is 1.68. The molecule has 0 atom stereocenters. The molecule has 0 saturated heterocycles. The number of fused-ring (bicyclic) bond motifs is 1. The Kier molecular flexibility index (Phi) is 3.31. The van der Waals surface area contributed by atoms with E-state index in [0.717, 1.165) is 4.57 Å². The Morgan fingerprint density at radius 2 is 2.12 bits per heavy atom. The number of hydrogen-bond donors (Lipinski definition) is 2. The quantitative estimate of drug-likeness (QED) is 0.845. The predicted octanol–water partition coefficient (Wildman–Crippen LogP) is 0.692. The van der Waals surface area contributed by atoms with E-state index in [2.05, 4.69) is 4.98 Å². The van der Waals surface area contributed by atoms with Gasteiger partial charge in [-0.25, -0.2) is 4.79 Å². The van der Waals surface area contributed by atoms with Crippen LogP contribution in [0.5, 0.6) is 0 Å². The predicted molar refractivity (Wildman–Crippen MR) is 67.5 cm³/mol. The molecule has 5 nitrogen and oxygen atoms in total. The monoisotopic (exact) mass is 253 g/mol. The molecule has 2 aromatic rings. The highest BCUT2D eigenvalue weighted by Gasteiger charge is 2.07. The second kappa shape index (κ2) is 4.73. The third-order valence-electron chi connectivity index (χ3n) is 2.53. The Morgan fingerprint density at radius 3 is 2.82 bits per heavy atom. The second-order valence-corrected chi connectivity index (χ2v) is 4.16. The molecule has 0 spiro atoms. The molecule has 0 radical (unpaired) electrons. The van der Waals surface area contributed by atoms with Crippen molar-refractivity contribution in [3.63, 3.8) is 0 Å². The number of hydrogen-bond acceptors (Lipinski definition) is 3. The van der Waals surface area contributed by atoms with E-state index in [1.54, 1.807) is 18.2 Å². The number of halogens is 1. The highest BCUT2D eigenvalue weighted by molar-refractivity contribution is 6.31. The van der Waals surface area contributed by atoms with Crippen LogP contribution in [-0.4, -0.2) is 16.1 Å². The van der Waals surface area contributed by atoms with Crippen molar-refractivity contribution < 1.29 is 0 Å². The van der Waals surface area contributed by atoms with Gasteiger partial charge in [-0.1, -0.05) is 11.6 Å². The minimum Gasteiger partial charge on any atom is -0.330 e. The second-order valence-electron chi connectivity index (χ2n) is 3.72. The Morgan fingerprint density at radius 1 is 1.35 bits per heavy atom. The zero-order valence-corrected chi connectivity index (χ0v) is 9.83. The largest absolute Gasteiger partial charge is 0.330 e. The minimum absolute atomic E-state index is 0.311. The summed E-state index contributed by atoms with van der Waals surface area (Å²) in [5.74, 6) is 0. The molecule has 2 rings (SSSR count). The summed E-state index contributed by atoms with van der Waals surface area (Å²) in [5.41, 5.74) is 5.08. The van der Waals surface area contributed by atoms with E-state index < -0.39 is 5.69 Å². The van der Waals surface area contributed by atoms with E-state index >= 15 is 0 Å². The molecule has 0 saturated carbocycles. The van der Waals surface area contributed by atoms with Crippen LogP contribution >= 0.6 is 11.6 Å². The standard InChI is InChI=1S/C11H12ClN3O2/c12-7-2-3-8-9(6-7)14-11(17)15(10(8)16)5-1-4-13/h2-3,6H,1,4-5,13H2,(H,14,17). The number of nitrogens with two attached hydrogens (primary N) is 1. The van der Waals surface area contributed by atoms with Gasteiger partial charge in [-0.2, -0.15) is 0 Å². The Balaban J connectivity index is 2.68. The van der Waals surface area contributed by atoms with Crippen molar-refractivity contribution in [2.24, 2.45) is 5.73 Å². The van der Waals surface area contributed by atoms with E-state index in [0.29, 0.717) is 35.4 Å². The normalized spacial score (nSPS) is 10.9. The fourth-order valence-corrected chi connectivity index (χ4v) is 1.85. The lowest BCUT2D eigenvalue weighted by atomic mass is 10.2. The summed E-state index contributed by atoms with van der Waals surface area (Å²) in [6.45, 7) is 0.758. The van der Waals surface area contributed by atoms with Gasteiger partial charge in [0.05, 0.1) is 10.9 Å². The van der Waals surface area contributed by atoms with Gasteiger partial charge < -0.3 is 10.7 Å². The van der Waals surface area contributed by atoms with Crippen LogP contribution in [0.4, 0.5) is 0 Å². The molecule has 1 aromatic carbocycles. The molecule has 1 heterocycles. The van der Waals surface area contributed by atoms with Crippen LogP contribution in [-0.2, 0) is 6.54 Å². The van der Waals surface area contributed by atoms with Crippen LogP contribution in [0.15, 0.2) is 27.8 Å². The van der Waals surface area contributed by atoms with Crippen LogP contribution in [0.25, 0.3) is 10.9 Å². The maximum atomic E-state index is 12.0. The van der Waals surface area contributed by atoms with Gasteiger partial charge in [0.25, 0.3) is 5.56 Å². The van der Waals surface area contributed by atoms with Crippen molar-refractivity contribution in [3.8, 4) is 0 Å². The number of H-pyrrole nitrogens is 1. The third-order valence-corrected chi connectivity index (χ3v) is 2.76. The first-order chi connectivity index (χ1) is 8.13. The van der Waals surface area contributed by atoms with Crippen molar-refractivity contribution in [2.45, 2.75) is 13.0 Å². The lowest BCUT2D eigenvalue weighted by molar-refractivity contribution is 0.603. The van der Waals surface area contributed by atoms with Gasteiger partial charge in [-0.15, -0.1) is 0 Å². The van der Waals surface area contributed by atoms with Crippen LogP contribution < -0.4 is 17.0 Å². The summed E-state index contributed by atoms with van der Waals surface area (Å²) in [4.78, 5) is 26.4. The lowest BCUT2D eigenvalue weighted by Crippen LogP contribution is -2.35. The number of benzene rings is 1. The Bertz CT molecular complexity index is 660. The van der Waals surface area contributed by atoms with Gasteiger partial charge in [0, 0.05) is 11.6 Å². The average molecular weight is 254 g/mol. The molecule has 6 heteroatoms. The van der Waals surface area contributed by atoms with Gasteiger partial charge in [-0.3, -0.25) is 9.36 Å².